The summed E-state index contributed by atoms with van der Waals surface area (Å²) >= 11 is 0. The number of non-ortho nitro benzene ring substituents is 1. The third-order valence-corrected chi connectivity index (χ3v) is 4.12. The van der Waals surface area contributed by atoms with Gasteiger partial charge in [0.05, 0.1) is 18.1 Å². The Kier molecular flexibility index (Phi) is 5.01. The Labute approximate surface area is 125 Å². The van der Waals surface area contributed by atoms with E-state index in [1.54, 1.807) is 6.07 Å². The number of nitrogens with zero attached hydrogens (tertiary/aromatic N) is 2. The van der Waals surface area contributed by atoms with E-state index in [0.29, 0.717) is 17.8 Å². The lowest BCUT2D eigenvalue weighted by atomic mass is 10.0. The number of rotatable bonds is 5. The van der Waals surface area contributed by atoms with Gasteiger partial charge in [0.15, 0.2) is 0 Å². The maximum Gasteiger partial charge on any atom is 0.275 e. The van der Waals surface area contributed by atoms with Gasteiger partial charge in [0, 0.05) is 43.0 Å². The summed E-state index contributed by atoms with van der Waals surface area (Å²) in [5.74, 6) is 0.528. The van der Waals surface area contributed by atoms with Crippen LogP contribution in [-0.2, 0) is 0 Å². The zero-order valence-electron chi connectivity index (χ0n) is 12.8. The van der Waals surface area contributed by atoms with Gasteiger partial charge in [0.2, 0.25) is 0 Å². The molecule has 0 bridgehead atoms. The SMILES string of the molecule is CCC1CN(c2cc(OC)cc([N+](=O)[O-])c2)C(CC)CN1. The third kappa shape index (κ3) is 3.44. The van der Waals surface area contributed by atoms with Crippen molar-refractivity contribution in [3.63, 3.8) is 0 Å². The van der Waals surface area contributed by atoms with Gasteiger partial charge in [-0.05, 0) is 12.8 Å². The molecule has 6 nitrogen and oxygen atoms in total. The van der Waals surface area contributed by atoms with Crippen LogP contribution < -0.4 is 15.0 Å². The van der Waals surface area contributed by atoms with Crippen LogP contribution in [0.3, 0.4) is 0 Å². The van der Waals surface area contributed by atoms with Gasteiger partial charge in [0.25, 0.3) is 5.69 Å². The average Bonchev–Trinajstić information content (AvgIpc) is 2.53. The number of methoxy groups -OCH3 is 1. The highest BCUT2D eigenvalue weighted by molar-refractivity contribution is 5.59. The molecule has 1 saturated heterocycles. The molecular weight excluding hydrogens is 270 g/mol. The molecule has 0 saturated carbocycles. The molecule has 0 amide bonds. The molecule has 0 radical (unpaired) electrons. The van der Waals surface area contributed by atoms with Gasteiger partial charge in [-0.3, -0.25) is 10.1 Å². The van der Waals surface area contributed by atoms with E-state index >= 15 is 0 Å². The summed E-state index contributed by atoms with van der Waals surface area (Å²) in [5, 5.41) is 14.6. The minimum absolute atomic E-state index is 0.0748. The van der Waals surface area contributed by atoms with E-state index in [9.17, 15) is 10.1 Å². The lowest BCUT2D eigenvalue weighted by Gasteiger charge is -2.41. The van der Waals surface area contributed by atoms with E-state index < -0.39 is 0 Å². The van der Waals surface area contributed by atoms with Crippen LogP contribution in [0.4, 0.5) is 11.4 Å². The Morgan fingerprint density at radius 2 is 2.14 bits per heavy atom. The number of nitro benzene ring substituents is 1. The second-order valence-corrected chi connectivity index (χ2v) is 5.37. The molecule has 1 aromatic rings. The predicted molar refractivity (Wildman–Crippen MR) is 83.2 cm³/mol. The first kappa shape index (κ1) is 15.6. The van der Waals surface area contributed by atoms with Crippen molar-refractivity contribution >= 4 is 11.4 Å². The Morgan fingerprint density at radius 3 is 2.71 bits per heavy atom. The second-order valence-electron chi connectivity index (χ2n) is 5.37. The van der Waals surface area contributed by atoms with Crippen LogP contribution in [0.2, 0.25) is 0 Å². The standard InChI is InChI=1S/C15H23N3O3/c1-4-11-10-17(12(5-2)9-16-11)13-6-14(18(19)20)8-15(7-13)21-3/h6-8,11-12,16H,4-5,9-10H2,1-3H3. The summed E-state index contributed by atoms with van der Waals surface area (Å²) < 4.78 is 5.21. The molecule has 21 heavy (non-hydrogen) atoms. The van der Waals surface area contributed by atoms with Gasteiger partial charge in [-0.15, -0.1) is 0 Å². The molecule has 2 unspecified atom stereocenters. The minimum atomic E-state index is -0.369. The van der Waals surface area contributed by atoms with E-state index in [2.05, 4.69) is 24.1 Å². The molecule has 2 atom stereocenters. The number of ether oxygens (including phenoxy) is 1. The minimum Gasteiger partial charge on any atom is -0.496 e. The number of hydrogen-bond acceptors (Lipinski definition) is 5. The van der Waals surface area contributed by atoms with Crippen molar-refractivity contribution in [1.29, 1.82) is 0 Å². The summed E-state index contributed by atoms with van der Waals surface area (Å²) in [6, 6.07) is 5.75. The van der Waals surface area contributed by atoms with Gasteiger partial charge >= 0.3 is 0 Å². The monoisotopic (exact) mass is 293 g/mol. The number of nitrogens with one attached hydrogen (secondary N) is 1. The fraction of sp³-hybridized carbons (Fsp3) is 0.600. The maximum absolute atomic E-state index is 11.1. The van der Waals surface area contributed by atoms with Crippen LogP contribution >= 0.6 is 0 Å². The normalized spacial score (nSPS) is 22.1. The van der Waals surface area contributed by atoms with Crippen molar-refractivity contribution in [1.82, 2.24) is 5.32 Å². The summed E-state index contributed by atoms with van der Waals surface area (Å²) in [6.45, 7) is 6.05. The van der Waals surface area contributed by atoms with Crippen LogP contribution in [0.25, 0.3) is 0 Å². The third-order valence-electron chi connectivity index (χ3n) is 4.12. The average molecular weight is 293 g/mol. The van der Waals surface area contributed by atoms with Gasteiger partial charge in [-0.2, -0.15) is 0 Å². The molecule has 2 rings (SSSR count). The molecule has 1 aromatic carbocycles. The van der Waals surface area contributed by atoms with Crippen molar-refractivity contribution in [2.45, 2.75) is 38.8 Å². The van der Waals surface area contributed by atoms with E-state index in [0.717, 1.165) is 31.6 Å². The molecule has 116 valence electrons. The Morgan fingerprint density at radius 1 is 1.38 bits per heavy atom. The Hall–Kier alpha value is -1.82. The first-order valence-corrected chi connectivity index (χ1v) is 7.42. The first-order chi connectivity index (χ1) is 10.1. The largest absolute Gasteiger partial charge is 0.496 e. The topological polar surface area (TPSA) is 67.6 Å². The van der Waals surface area contributed by atoms with E-state index in [-0.39, 0.29) is 10.6 Å². The molecule has 0 aliphatic carbocycles. The van der Waals surface area contributed by atoms with Crippen LogP contribution in [0.5, 0.6) is 5.75 Å². The number of benzene rings is 1. The van der Waals surface area contributed by atoms with Gasteiger partial charge in [0.1, 0.15) is 5.75 Å². The summed E-state index contributed by atoms with van der Waals surface area (Å²) in [6.07, 6.45) is 2.04. The van der Waals surface area contributed by atoms with Crippen molar-refractivity contribution in [2.75, 3.05) is 25.1 Å². The zero-order chi connectivity index (χ0) is 15.4. The van der Waals surface area contributed by atoms with E-state index in [1.165, 1.54) is 13.2 Å². The van der Waals surface area contributed by atoms with E-state index in [4.69, 9.17) is 4.74 Å². The number of nitro groups is 1. The number of hydrogen-bond donors (Lipinski definition) is 1. The fourth-order valence-corrected chi connectivity index (χ4v) is 2.78. The summed E-state index contributed by atoms with van der Waals surface area (Å²) in [5.41, 5.74) is 0.943. The lowest BCUT2D eigenvalue weighted by molar-refractivity contribution is -0.384. The van der Waals surface area contributed by atoms with Crippen LogP contribution in [-0.4, -0.2) is 37.2 Å². The molecule has 1 aliphatic heterocycles. The lowest BCUT2D eigenvalue weighted by Crippen LogP contribution is -2.56. The molecule has 1 heterocycles. The fourth-order valence-electron chi connectivity index (χ4n) is 2.78. The molecule has 1 fully saturated rings. The van der Waals surface area contributed by atoms with Crippen LogP contribution in [0, 0.1) is 10.1 Å². The highest BCUT2D eigenvalue weighted by atomic mass is 16.6. The Balaban J connectivity index is 2.36. The smallest absolute Gasteiger partial charge is 0.275 e. The highest BCUT2D eigenvalue weighted by Crippen LogP contribution is 2.31. The molecular formula is C15H23N3O3. The summed E-state index contributed by atoms with van der Waals surface area (Å²) in [7, 11) is 1.53. The van der Waals surface area contributed by atoms with Crippen molar-refractivity contribution in [3.05, 3.63) is 28.3 Å². The molecule has 0 aromatic heterocycles. The second kappa shape index (κ2) is 6.76. The molecule has 6 heteroatoms. The van der Waals surface area contributed by atoms with Crippen LogP contribution in [0.1, 0.15) is 26.7 Å². The number of piperazine rings is 1. The number of anilines is 1. The van der Waals surface area contributed by atoms with Crippen molar-refractivity contribution in [2.24, 2.45) is 0 Å². The maximum atomic E-state index is 11.1. The van der Waals surface area contributed by atoms with E-state index in [1.807, 2.05) is 6.07 Å². The molecule has 1 N–H and O–H groups in total. The quantitative estimate of drug-likeness (QED) is 0.667. The van der Waals surface area contributed by atoms with Crippen LogP contribution in [0.15, 0.2) is 18.2 Å². The van der Waals surface area contributed by atoms with Gasteiger partial charge in [-0.25, -0.2) is 0 Å². The van der Waals surface area contributed by atoms with Crippen molar-refractivity contribution in [3.8, 4) is 5.75 Å². The predicted octanol–water partition coefficient (Wildman–Crippen LogP) is 2.57. The molecule has 0 spiro atoms. The highest BCUT2D eigenvalue weighted by Gasteiger charge is 2.27. The van der Waals surface area contributed by atoms with Gasteiger partial charge in [-0.1, -0.05) is 13.8 Å². The van der Waals surface area contributed by atoms with Gasteiger partial charge < -0.3 is 15.0 Å². The molecule has 1 aliphatic rings. The Bertz CT molecular complexity index is 507. The zero-order valence-corrected chi connectivity index (χ0v) is 12.8. The summed E-state index contributed by atoms with van der Waals surface area (Å²) in [4.78, 5) is 13.0. The van der Waals surface area contributed by atoms with Crippen molar-refractivity contribution < 1.29 is 9.66 Å². The first-order valence-electron chi connectivity index (χ1n) is 7.42.